The van der Waals surface area contributed by atoms with Crippen LogP contribution in [0.1, 0.15) is 22.5 Å². The van der Waals surface area contributed by atoms with Gasteiger partial charge in [0.15, 0.2) is 0 Å². The van der Waals surface area contributed by atoms with Gasteiger partial charge < -0.3 is 10.4 Å². The van der Waals surface area contributed by atoms with E-state index in [1.807, 2.05) is 44.2 Å². The summed E-state index contributed by atoms with van der Waals surface area (Å²) in [6, 6.07) is 13.1. The topological polar surface area (TPSA) is 113 Å². The lowest BCUT2D eigenvalue weighted by atomic mass is 10.1. The van der Waals surface area contributed by atoms with Gasteiger partial charge >= 0.3 is 0 Å². The molecule has 8 heteroatoms. The third-order valence-corrected chi connectivity index (χ3v) is 4.51. The number of nitro benzene ring substituents is 1. The molecule has 0 spiro atoms. The number of nitro groups is 1. The van der Waals surface area contributed by atoms with Gasteiger partial charge in [-0.15, -0.1) is 5.75 Å². The molecule has 0 atom stereocenters. The minimum Gasteiger partial charge on any atom is -0.872 e. The standard InChI is InChI=1S/C20H20N4O4/c1-13-18(14(2)23(22-13)16-6-4-3-5-7-16)11-20(26)21-12-15-10-17(24(27)28)8-9-19(15)25/h3-10,25H,11-12H2,1-2H3,(H,21,26)/p-1. The number of aryl methyl sites for hydroxylation is 1. The molecule has 1 N–H and O–H groups in total. The largest absolute Gasteiger partial charge is 0.872 e. The summed E-state index contributed by atoms with van der Waals surface area (Å²) < 4.78 is 1.79. The minimum atomic E-state index is -0.574. The highest BCUT2D eigenvalue weighted by Crippen LogP contribution is 2.21. The fourth-order valence-corrected chi connectivity index (χ4v) is 2.99. The number of carbonyl (C=O) groups excluding carboxylic acids is 1. The van der Waals surface area contributed by atoms with E-state index in [4.69, 9.17) is 0 Å². The molecular weight excluding hydrogens is 360 g/mol. The van der Waals surface area contributed by atoms with Crippen LogP contribution in [0.5, 0.6) is 5.75 Å². The molecule has 0 aliphatic carbocycles. The summed E-state index contributed by atoms with van der Waals surface area (Å²) >= 11 is 0. The van der Waals surface area contributed by atoms with Crippen molar-refractivity contribution in [3.05, 3.63) is 81.2 Å². The lowest BCUT2D eigenvalue weighted by Gasteiger charge is -2.13. The molecule has 0 aliphatic heterocycles. The van der Waals surface area contributed by atoms with E-state index in [2.05, 4.69) is 10.4 Å². The normalized spacial score (nSPS) is 10.6. The SMILES string of the molecule is Cc1nn(-c2ccccc2)c(C)c1CC(=O)NCc1cc([N+](=O)[O-])ccc1[O-]. The monoisotopic (exact) mass is 379 g/mol. The van der Waals surface area contributed by atoms with Crippen molar-refractivity contribution in [2.24, 2.45) is 0 Å². The highest BCUT2D eigenvalue weighted by Gasteiger charge is 2.16. The summed E-state index contributed by atoms with van der Waals surface area (Å²) in [7, 11) is 0. The Morgan fingerprint density at radius 2 is 1.89 bits per heavy atom. The number of non-ortho nitro benzene ring substituents is 1. The van der Waals surface area contributed by atoms with Crippen LogP contribution in [-0.4, -0.2) is 20.6 Å². The fourth-order valence-electron chi connectivity index (χ4n) is 2.99. The zero-order valence-electron chi connectivity index (χ0n) is 15.5. The van der Waals surface area contributed by atoms with E-state index in [9.17, 15) is 20.0 Å². The molecule has 1 aromatic heterocycles. The average Bonchev–Trinajstić information content (AvgIpc) is 2.96. The zero-order chi connectivity index (χ0) is 20.3. The second kappa shape index (κ2) is 7.91. The predicted molar refractivity (Wildman–Crippen MR) is 101 cm³/mol. The molecule has 8 nitrogen and oxygen atoms in total. The first kappa shape index (κ1) is 19.1. The second-order valence-corrected chi connectivity index (χ2v) is 6.40. The summed E-state index contributed by atoms with van der Waals surface area (Å²) in [6.07, 6.45) is 0.105. The number of amides is 1. The first-order valence-electron chi connectivity index (χ1n) is 8.68. The van der Waals surface area contributed by atoms with Gasteiger partial charge in [-0.2, -0.15) is 5.10 Å². The number of rotatable bonds is 6. The van der Waals surface area contributed by atoms with Crippen molar-refractivity contribution in [3.63, 3.8) is 0 Å². The van der Waals surface area contributed by atoms with E-state index < -0.39 is 4.92 Å². The smallest absolute Gasteiger partial charge is 0.269 e. The number of aromatic nitrogens is 2. The number of hydrogen-bond acceptors (Lipinski definition) is 5. The van der Waals surface area contributed by atoms with Gasteiger partial charge in [0.2, 0.25) is 5.91 Å². The summed E-state index contributed by atoms with van der Waals surface area (Å²) in [5.41, 5.74) is 3.32. The maximum atomic E-state index is 12.4. The van der Waals surface area contributed by atoms with Gasteiger partial charge in [0.1, 0.15) is 0 Å². The minimum absolute atomic E-state index is 0.0652. The van der Waals surface area contributed by atoms with Crippen molar-refractivity contribution in [3.8, 4) is 11.4 Å². The van der Waals surface area contributed by atoms with Crippen molar-refractivity contribution < 1.29 is 14.8 Å². The second-order valence-electron chi connectivity index (χ2n) is 6.40. The summed E-state index contributed by atoms with van der Waals surface area (Å²) in [6.45, 7) is 3.67. The molecule has 3 rings (SSSR count). The van der Waals surface area contributed by atoms with Crippen LogP contribution in [0.4, 0.5) is 5.69 Å². The molecule has 1 heterocycles. The number of benzene rings is 2. The molecule has 28 heavy (non-hydrogen) atoms. The van der Waals surface area contributed by atoms with Crippen LogP contribution in [0.2, 0.25) is 0 Å². The number of para-hydroxylation sites is 1. The third kappa shape index (κ3) is 4.01. The van der Waals surface area contributed by atoms with Crippen molar-refractivity contribution in [2.45, 2.75) is 26.8 Å². The molecule has 3 aromatic rings. The van der Waals surface area contributed by atoms with Gasteiger partial charge in [-0.1, -0.05) is 24.3 Å². The molecule has 0 radical (unpaired) electrons. The molecule has 0 aliphatic rings. The van der Waals surface area contributed by atoms with E-state index in [1.165, 1.54) is 6.07 Å². The number of nitrogens with zero attached hydrogens (tertiary/aromatic N) is 3. The first-order valence-corrected chi connectivity index (χ1v) is 8.68. The molecule has 2 aromatic carbocycles. The highest BCUT2D eigenvalue weighted by molar-refractivity contribution is 5.79. The van der Waals surface area contributed by atoms with E-state index >= 15 is 0 Å². The summed E-state index contributed by atoms with van der Waals surface area (Å²) in [4.78, 5) is 22.7. The van der Waals surface area contributed by atoms with Crippen LogP contribution in [0.25, 0.3) is 5.69 Å². The number of hydrogen-bond donors (Lipinski definition) is 1. The Morgan fingerprint density at radius 1 is 1.18 bits per heavy atom. The van der Waals surface area contributed by atoms with Gasteiger partial charge in [0.05, 0.1) is 22.7 Å². The van der Waals surface area contributed by atoms with Crippen LogP contribution < -0.4 is 10.4 Å². The Bertz CT molecular complexity index is 1030. The predicted octanol–water partition coefficient (Wildman–Crippen LogP) is 2.33. The lowest BCUT2D eigenvalue weighted by molar-refractivity contribution is -0.385. The van der Waals surface area contributed by atoms with Crippen molar-refractivity contribution in [2.75, 3.05) is 0 Å². The van der Waals surface area contributed by atoms with Crippen LogP contribution in [-0.2, 0) is 17.8 Å². The number of carbonyl (C=O) groups is 1. The maximum absolute atomic E-state index is 12.4. The molecule has 0 saturated heterocycles. The Morgan fingerprint density at radius 3 is 2.57 bits per heavy atom. The van der Waals surface area contributed by atoms with Gasteiger partial charge in [-0.3, -0.25) is 14.9 Å². The van der Waals surface area contributed by atoms with Crippen LogP contribution in [0.3, 0.4) is 0 Å². The highest BCUT2D eigenvalue weighted by atomic mass is 16.6. The van der Waals surface area contributed by atoms with Crippen molar-refractivity contribution in [1.29, 1.82) is 0 Å². The van der Waals surface area contributed by atoms with Gasteiger partial charge in [-0.05, 0) is 31.5 Å². The van der Waals surface area contributed by atoms with E-state index in [0.717, 1.165) is 34.8 Å². The molecular formula is C20H19N4O4-. The van der Waals surface area contributed by atoms with E-state index in [-0.39, 0.29) is 35.9 Å². The molecule has 0 bridgehead atoms. The fraction of sp³-hybridized carbons (Fsp3) is 0.200. The average molecular weight is 379 g/mol. The lowest BCUT2D eigenvalue weighted by Crippen LogP contribution is -2.25. The van der Waals surface area contributed by atoms with Crippen molar-refractivity contribution in [1.82, 2.24) is 15.1 Å². The maximum Gasteiger partial charge on any atom is 0.269 e. The first-order chi connectivity index (χ1) is 13.4. The molecule has 0 fully saturated rings. The zero-order valence-corrected chi connectivity index (χ0v) is 15.5. The van der Waals surface area contributed by atoms with E-state index in [1.54, 1.807) is 4.68 Å². The molecule has 0 saturated carbocycles. The van der Waals surface area contributed by atoms with Crippen molar-refractivity contribution >= 4 is 11.6 Å². The number of nitrogens with one attached hydrogen (secondary N) is 1. The van der Waals surface area contributed by atoms with Crippen LogP contribution in [0.15, 0.2) is 48.5 Å². The van der Waals surface area contributed by atoms with Gasteiger partial charge in [0, 0.05) is 29.9 Å². The van der Waals surface area contributed by atoms with Crippen LogP contribution in [0, 0.1) is 24.0 Å². The third-order valence-electron chi connectivity index (χ3n) is 4.51. The summed E-state index contributed by atoms with van der Waals surface area (Å²) in [5.74, 6) is -0.639. The van der Waals surface area contributed by atoms with Gasteiger partial charge in [-0.25, -0.2) is 4.68 Å². The molecule has 1 amide bonds. The Hall–Kier alpha value is -3.68. The molecule has 0 unspecified atom stereocenters. The van der Waals surface area contributed by atoms with E-state index in [0.29, 0.717) is 0 Å². The van der Waals surface area contributed by atoms with Gasteiger partial charge in [0.25, 0.3) is 5.69 Å². The Kier molecular flexibility index (Phi) is 5.39. The Labute approximate surface area is 161 Å². The summed E-state index contributed by atoms with van der Waals surface area (Å²) in [5, 5.41) is 29.9. The Balaban J connectivity index is 1.72. The molecule has 144 valence electrons. The van der Waals surface area contributed by atoms with Crippen LogP contribution >= 0.6 is 0 Å². The quantitative estimate of drug-likeness (QED) is 0.522.